The third-order valence-electron chi connectivity index (χ3n) is 5.44. The Labute approximate surface area is 179 Å². The summed E-state index contributed by atoms with van der Waals surface area (Å²) in [5.74, 6) is -0.328. The summed E-state index contributed by atoms with van der Waals surface area (Å²) < 4.78 is 25.9. The molecule has 0 aromatic heterocycles. The van der Waals surface area contributed by atoms with Gasteiger partial charge in [-0.15, -0.1) is 0 Å². The van der Waals surface area contributed by atoms with Gasteiger partial charge < -0.3 is 5.32 Å². The second-order valence-electron chi connectivity index (χ2n) is 8.09. The van der Waals surface area contributed by atoms with Crippen LogP contribution in [0.2, 0.25) is 0 Å². The highest BCUT2D eigenvalue weighted by molar-refractivity contribution is 7.92. The molecule has 7 heteroatoms. The van der Waals surface area contributed by atoms with Gasteiger partial charge in [0.25, 0.3) is 0 Å². The molecule has 0 spiro atoms. The molecule has 1 amide bonds. The molecule has 0 aliphatic carbocycles. The van der Waals surface area contributed by atoms with Crippen LogP contribution >= 0.6 is 0 Å². The lowest BCUT2D eigenvalue weighted by Crippen LogP contribution is -2.47. The second kappa shape index (κ2) is 9.62. The number of carbonyl (C=O) groups is 1. The number of amides is 1. The zero-order valence-electron chi connectivity index (χ0n) is 18.0. The summed E-state index contributed by atoms with van der Waals surface area (Å²) in [5, 5.41) is 2.89. The number of hydrogen-bond donors (Lipinski definition) is 1. The Kier molecular flexibility index (Phi) is 7.15. The summed E-state index contributed by atoms with van der Waals surface area (Å²) in [4.78, 5) is 15.2. The number of aryl methyl sites for hydroxylation is 1. The van der Waals surface area contributed by atoms with Crippen LogP contribution in [0, 0.1) is 6.92 Å². The summed E-state index contributed by atoms with van der Waals surface area (Å²) in [7, 11) is -3.61. The average molecular weight is 430 g/mol. The molecule has 1 fully saturated rings. The minimum Gasteiger partial charge on any atom is -0.350 e. The van der Waals surface area contributed by atoms with Gasteiger partial charge >= 0.3 is 0 Å². The van der Waals surface area contributed by atoms with Crippen LogP contribution in [0.1, 0.15) is 36.5 Å². The maximum atomic E-state index is 12.8. The van der Waals surface area contributed by atoms with E-state index in [9.17, 15) is 13.2 Å². The molecule has 0 bridgehead atoms. The number of likely N-dealkylation sites (tertiary alicyclic amines) is 1. The van der Waals surface area contributed by atoms with Crippen molar-refractivity contribution in [1.29, 1.82) is 0 Å². The van der Waals surface area contributed by atoms with Gasteiger partial charge in [0.15, 0.2) is 0 Å². The highest BCUT2D eigenvalue weighted by Gasteiger charge is 2.28. The van der Waals surface area contributed by atoms with Gasteiger partial charge in [-0.3, -0.25) is 14.0 Å². The van der Waals surface area contributed by atoms with E-state index in [1.165, 1.54) is 22.7 Å². The Morgan fingerprint density at radius 1 is 1.10 bits per heavy atom. The largest absolute Gasteiger partial charge is 0.350 e. The van der Waals surface area contributed by atoms with E-state index < -0.39 is 16.1 Å². The number of benzene rings is 2. The van der Waals surface area contributed by atoms with E-state index in [1.54, 1.807) is 19.1 Å². The maximum absolute atomic E-state index is 12.8. The van der Waals surface area contributed by atoms with E-state index in [4.69, 9.17) is 0 Å². The molecule has 6 nitrogen and oxygen atoms in total. The Hall–Kier alpha value is -2.38. The van der Waals surface area contributed by atoms with E-state index in [2.05, 4.69) is 22.3 Å². The van der Waals surface area contributed by atoms with Gasteiger partial charge in [-0.2, -0.15) is 0 Å². The van der Waals surface area contributed by atoms with Crippen molar-refractivity contribution in [3.63, 3.8) is 0 Å². The SMILES string of the molecule is Cc1ccc(N([C@@H](C)C(=O)NCc2cccc(CN3CCCC3)c2)S(C)(=O)=O)cc1. The molecular weight excluding hydrogens is 398 g/mol. The average Bonchev–Trinajstić information content (AvgIpc) is 3.20. The normalized spacial score (nSPS) is 15.7. The molecule has 3 rings (SSSR count). The van der Waals surface area contributed by atoms with Crippen LogP contribution in [0.3, 0.4) is 0 Å². The fourth-order valence-electron chi connectivity index (χ4n) is 3.87. The number of nitrogens with one attached hydrogen (secondary N) is 1. The smallest absolute Gasteiger partial charge is 0.243 e. The molecule has 0 radical (unpaired) electrons. The number of hydrogen-bond acceptors (Lipinski definition) is 4. The van der Waals surface area contributed by atoms with Gasteiger partial charge in [0.2, 0.25) is 15.9 Å². The van der Waals surface area contributed by atoms with Crippen molar-refractivity contribution in [2.75, 3.05) is 23.7 Å². The fourth-order valence-corrected chi connectivity index (χ4v) is 5.05. The number of rotatable bonds is 8. The number of nitrogens with zero attached hydrogens (tertiary/aromatic N) is 2. The Morgan fingerprint density at radius 2 is 1.73 bits per heavy atom. The number of sulfonamides is 1. The van der Waals surface area contributed by atoms with E-state index in [0.29, 0.717) is 12.2 Å². The minimum atomic E-state index is -3.61. The zero-order chi connectivity index (χ0) is 21.7. The minimum absolute atomic E-state index is 0.328. The van der Waals surface area contributed by atoms with Crippen LogP contribution in [0.4, 0.5) is 5.69 Å². The van der Waals surface area contributed by atoms with Gasteiger partial charge in [-0.05, 0) is 63.0 Å². The standard InChI is InChI=1S/C23H31N3O3S/c1-18-9-11-22(12-10-18)26(30(3,28)29)19(2)23(27)24-16-20-7-6-8-21(15-20)17-25-13-4-5-14-25/h6-12,15,19H,4-5,13-14,16-17H2,1-3H3,(H,24,27)/t19-/m0/s1. The zero-order valence-corrected chi connectivity index (χ0v) is 18.8. The van der Waals surface area contributed by atoms with Gasteiger partial charge in [0, 0.05) is 13.1 Å². The lowest BCUT2D eigenvalue weighted by molar-refractivity contribution is -0.122. The van der Waals surface area contributed by atoms with Crippen molar-refractivity contribution in [1.82, 2.24) is 10.2 Å². The molecular formula is C23H31N3O3S. The molecule has 1 saturated heterocycles. The molecule has 1 heterocycles. The van der Waals surface area contributed by atoms with Crippen LogP contribution in [0.25, 0.3) is 0 Å². The quantitative estimate of drug-likeness (QED) is 0.700. The lowest BCUT2D eigenvalue weighted by Gasteiger charge is -2.28. The predicted molar refractivity (Wildman–Crippen MR) is 121 cm³/mol. The van der Waals surface area contributed by atoms with Crippen molar-refractivity contribution in [2.24, 2.45) is 0 Å². The molecule has 1 N–H and O–H groups in total. The fraction of sp³-hybridized carbons (Fsp3) is 0.435. The maximum Gasteiger partial charge on any atom is 0.243 e. The van der Waals surface area contributed by atoms with Crippen LogP contribution in [-0.2, 0) is 27.9 Å². The monoisotopic (exact) mass is 429 g/mol. The van der Waals surface area contributed by atoms with E-state index in [1.807, 2.05) is 31.2 Å². The summed E-state index contributed by atoms with van der Waals surface area (Å²) in [5.41, 5.74) is 3.75. The molecule has 1 aliphatic rings. The van der Waals surface area contributed by atoms with E-state index >= 15 is 0 Å². The van der Waals surface area contributed by atoms with Gasteiger partial charge in [-0.1, -0.05) is 42.0 Å². The van der Waals surface area contributed by atoms with Crippen molar-refractivity contribution in [2.45, 2.75) is 45.8 Å². The van der Waals surface area contributed by atoms with Crippen LogP contribution < -0.4 is 9.62 Å². The highest BCUT2D eigenvalue weighted by atomic mass is 32.2. The van der Waals surface area contributed by atoms with Gasteiger partial charge in [0.1, 0.15) is 6.04 Å². The van der Waals surface area contributed by atoms with E-state index in [0.717, 1.165) is 37.0 Å². The second-order valence-corrected chi connectivity index (χ2v) is 9.95. The molecule has 1 aliphatic heterocycles. The summed E-state index contributed by atoms with van der Waals surface area (Å²) in [6, 6.07) is 14.5. The Bertz CT molecular complexity index is 967. The van der Waals surface area contributed by atoms with Crippen LogP contribution in [0.5, 0.6) is 0 Å². The van der Waals surface area contributed by atoms with Gasteiger partial charge in [-0.25, -0.2) is 8.42 Å². The first-order chi connectivity index (χ1) is 14.2. The first kappa shape index (κ1) is 22.3. The summed E-state index contributed by atoms with van der Waals surface area (Å²) >= 11 is 0. The number of carbonyl (C=O) groups excluding carboxylic acids is 1. The molecule has 0 saturated carbocycles. The van der Waals surface area contributed by atoms with Crippen molar-refractivity contribution in [3.8, 4) is 0 Å². The molecule has 30 heavy (non-hydrogen) atoms. The number of anilines is 1. The molecule has 2 aromatic rings. The van der Waals surface area contributed by atoms with Crippen molar-refractivity contribution in [3.05, 3.63) is 65.2 Å². The van der Waals surface area contributed by atoms with Crippen molar-refractivity contribution < 1.29 is 13.2 Å². The first-order valence-electron chi connectivity index (χ1n) is 10.4. The Morgan fingerprint density at radius 3 is 2.37 bits per heavy atom. The third kappa shape index (κ3) is 5.83. The topological polar surface area (TPSA) is 69.7 Å². The van der Waals surface area contributed by atoms with E-state index in [-0.39, 0.29) is 5.91 Å². The molecule has 162 valence electrons. The molecule has 0 unspecified atom stereocenters. The highest BCUT2D eigenvalue weighted by Crippen LogP contribution is 2.21. The molecule has 1 atom stereocenters. The lowest BCUT2D eigenvalue weighted by atomic mass is 10.1. The Balaban J connectivity index is 1.66. The first-order valence-corrected chi connectivity index (χ1v) is 12.2. The van der Waals surface area contributed by atoms with Crippen LogP contribution in [0.15, 0.2) is 48.5 Å². The van der Waals surface area contributed by atoms with Crippen molar-refractivity contribution >= 4 is 21.6 Å². The molecule has 2 aromatic carbocycles. The van der Waals surface area contributed by atoms with Gasteiger partial charge in [0.05, 0.1) is 11.9 Å². The van der Waals surface area contributed by atoms with Crippen LogP contribution in [-0.4, -0.2) is 44.6 Å². The summed E-state index contributed by atoms with van der Waals surface area (Å²) in [6.07, 6.45) is 3.63. The predicted octanol–water partition coefficient (Wildman–Crippen LogP) is 3.06. The summed E-state index contributed by atoms with van der Waals surface area (Å²) in [6.45, 7) is 7.11. The third-order valence-corrected chi connectivity index (χ3v) is 6.68.